The van der Waals surface area contributed by atoms with E-state index in [0.717, 1.165) is 28.6 Å². The van der Waals surface area contributed by atoms with Gasteiger partial charge < -0.3 is 15.3 Å². The standard InChI is InChI=1S/C24H27N3O2/c1-2-3-8-23(28)26-16-20-6-4-5-7-22(20)27(24(29)17-26)15-18-9-10-19-11-12-25-14-21(19)13-18/h2-7,9-11,13-14,23,25,28H,8,12,15-17H2,1H3/b3-2-. The molecular weight excluding hydrogens is 362 g/mol. The Labute approximate surface area is 171 Å². The molecule has 1 amide bonds. The normalized spacial score (nSPS) is 17.6. The zero-order valence-corrected chi connectivity index (χ0v) is 16.7. The summed E-state index contributed by atoms with van der Waals surface area (Å²) < 4.78 is 0. The molecular formula is C24H27N3O2. The number of carbonyl (C=O) groups excluding carboxylic acids is 1. The number of hydrogen-bond acceptors (Lipinski definition) is 4. The maximum Gasteiger partial charge on any atom is 0.241 e. The molecule has 0 saturated heterocycles. The number of aliphatic hydroxyl groups excluding tert-OH is 1. The number of para-hydroxylation sites is 1. The molecule has 0 bridgehead atoms. The Balaban J connectivity index is 1.64. The number of carbonyl (C=O) groups is 1. The minimum atomic E-state index is -0.678. The van der Waals surface area contributed by atoms with Crippen LogP contribution in [0.2, 0.25) is 0 Å². The quantitative estimate of drug-likeness (QED) is 0.760. The molecule has 5 heteroatoms. The van der Waals surface area contributed by atoms with Gasteiger partial charge in [0.25, 0.3) is 0 Å². The summed E-state index contributed by atoms with van der Waals surface area (Å²) in [4.78, 5) is 16.9. The van der Waals surface area contributed by atoms with E-state index < -0.39 is 6.23 Å². The Morgan fingerprint density at radius 3 is 2.90 bits per heavy atom. The van der Waals surface area contributed by atoms with E-state index in [4.69, 9.17) is 0 Å². The molecule has 2 aliphatic heterocycles. The second-order valence-corrected chi connectivity index (χ2v) is 7.52. The largest absolute Gasteiger partial charge is 0.387 e. The molecule has 5 nitrogen and oxygen atoms in total. The summed E-state index contributed by atoms with van der Waals surface area (Å²) in [6, 6.07) is 14.3. The van der Waals surface area contributed by atoms with Gasteiger partial charge in [-0.1, -0.05) is 48.6 Å². The van der Waals surface area contributed by atoms with Crippen LogP contribution in [0, 0.1) is 0 Å². The number of rotatable bonds is 5. The molecule has 0 aromatic heterocycles. The lowest BCUT2D eigenvalue weighted by Crippen LogP contribution is -2.41. The Bertz CT molecular complexity index is 1040. The number of benzene rings is 2. The van der Waals surface area contributed by atoms with Crippen LogP contribution in [-0.4, -0.2) is 35.2 Å². The number of allylic oxidation sites excluding steroid dienone is 1. The van der Waals surface area contributed by atoms with Gasteiger partial charge in [-0.2, -0.15) is 0 Å². The van der Waals surface area contributed by atoms with Gasteiger partial charge in [-0.15, -0.1) is 0 Å². The molecule has 4 rings (SSSR count). The van der Waals surface area contributed by atoms with Crippen LogP contribution in [0.15, 0.2) is 54.6 Å². The van der Waals surface area contributed by atoms with Crippen molar-refractivity contribution in [1.29, 1.82) is 0 Å². The number of anilines is 1. The monoisotopic (exact) mass is 389 g/mol. The lowest BCUT2D eigenvalue weighted by atomic mass is 10.1. The van der Waals surface area contributed by atoms with E-state index >= 15 is 0 Å². The number of fused-ring (bicyclic) bond motifs is 2. The lowest BCUT2D eigenvalue weighted by Gasteiger charge is -2.25. The van der Waals surface area contributed by atoms with E-state index in [-0.39, 0.29) is 12.5 Å². The van der Waals surface area contributed by atoms with Gasteiger partial charge in [0, 0.05) is 31.4 Å². The van der Waals surface area contributed by atoms with E-state index in [9.17, 15) is 9.90 Å². The van der Waals surface area contributed by atoms with Crippen LogP contribution in [-0.2, 0) is 17.9 Å². The third kappa shape index (κ3) is 4.26. The average molecular weight is 389 g/mol. The molecule has 0 radical (unpaired) electrons. The molecule has 2 aromatic rings. The Morgan fingerprint density at radius 1 is 1.17 bits per heavy atom. The number of amides is 1. The molecule has 29 heavy (non-hydrogen) atoms. The van der Waals surface area contributed by atoms with E-state index in [0.29, 0.717) is 19.5 Å². The van der Waals surface area contributed by atoms with Gasteiger partial charge >= 0.3 is 0 Å². The zero-order chi connectivity index (χ0) is 20.2. The minimum Gasteiger partial charge on any atom is -0.387 e. The number of aliphatic hydroxyl groups is 1. The first-order valence-electron chi connectivity index (χ1n) is 10.1. The van der Waals surface area contributed by atoms with Crippen molar-refractivity contribution >= 4 is 23.9 Å². The van der Waals surface area contributed by atoms with Crippen molar-refractivity contribution in [3.63, 3.8) is 0 Å². The minimum absolute atomic E-state index is 0.000802. The van der Waals surface area contributed by atoms with Gasteiger partial charge in [0.15, 0.2) is 0 Å². The molecule has 0 spiro atoms. The van der Waals surface area contributed by atoms with Gasteiger partial charge in [-0.3, -0.25) is 9.69 Å². The highest BCUT2D eigenvalue weighted by atomic mass is 16.3. The Morgan fingerprint density at radius 2 is 2.03 bits per heavy atom. The summed E-state index contributed by atoms with van der Waals surface area (Å²) in [5, 5.41) is 16.2. The van der Waals surface area contributed by atoms with Crippen LogP contribution >= 0.6 is 0 Å². The summed E-state index contributed by atoms with van der Waals surface area (Å²) in [5.74, 6) is 0.000802. The Hall–Kier alpha value is -2.89. The lowest BCUT2D eigenvalue weighted by molar-refractivity contribution is -0.122. The van der Waals surface area contributed by atoms with Crippen LogP contribution < -0.4 is 20.7 Å². The van der Waals surface area contributed by atoms with Gasteiger partial charge in [0.05, 0.1) is 13.1 Å². The third-order valence-corrected chi connectivity index (χ3v) is 5.49. The fourth-order valence-electron chi connectivity index (χ4n) is 3.92. The van der Waals surface area contributed by atoms with Crippen molar-refractivity contribution in [2.45, 2.75) is 32.7 Å². The van der Waals surface area contributed by atoms with E-state index in [1.807, 2.05) is 59.3 Å². The average Bonchev–Trinajstić information content (AvgIpc) is 2.88. The molecule has 0 fully saturated rings. The molecule has 0 aliphatic carbocycles. The van der Waals surface area contributed by atoms with Crippen LogP contribution in [0.1, 0.15) is 24.5 Å². The maximum absolute atomic E-state index is 13.2. The fraction of sp³-hybridized carbons (Fsp3) is 0.292. The topological polar surface area (TPSA) is 55.8 Å². The summed E-state index contributed by atoms with van der Waals surface area (Å²) in [6.45, 7) is 4.03. The molecule has 1 atom stereocenters. The molecule has 2 heterocycles. The van der Waals surface area contributed by atoms with Crippen molar-refractivity contribution in [1.82, 2.24) is 10.2 Å². The molecule has 2 N–H and O–H groups in total. The maximum atomic E-state index is 13.2. The van der Waals surface area contributed by atoms with Gasteiger partial charge in [-0.05, 0) is 40.6 Å². The van der Waals surface area contributed by atoms with Crippen molar-refractivity contribution in [3.8, 4) is 0 Å². The van der Waals surface area contributed by atoms with Gasteiger partial charge in [0.1, 0.15) is 6.23 Å². The number of hydrogen-bond donors (Lipinski definition) is 2. The van der Waals surface area contributed by atoms with E-state index in [1.165, 1.54) is 5.22 Å². The van der Waals surface area contributed by atoms with Crippen LogP contribution in [0.5, 0.6) is 0 Å². The summed E-state index contributed by atoms with van der Waals surface area (Å²) in [6.07, 6.45) is 7.87. The van der Waals surface area contributed by atoms with Gasteiger partial charge in [-0.25, -0.2) is 0 Å². The number of nitrogens with zero attached hydrogens (tertiary/aromatic N) is 2. The molecule has 2 aromatic carbocycles. The van der Waals surface area contributed by atoms with E-state index in [1.54, 1.807) is 0 Å². The first-order valence-corrected chi connectivity index (χ1v) is 10.1. The van der Waals surface area contributed by atoms with Crippen molar-refractivity contribution in [2.75, 3.05) is 18.0 Å². The first-order chi connectivity index (χ1) is 14.2. The van der Waals surface area contributed by atoms with E-state index in [2.05, 4.69) is 29.6 Å². The SMILES string of the molecule is C/C=C\CC(O)N1CC(=O)N(Cc2ccc3c(c2)=CNCC=3)c2ccccc2C1. The van der Waals surface area contributed by atoms with Crippen LogP contribution in [0.25, 0.3) is 12.3 Å². The molecule has 1 unspecified atom stereocenters. The fourth-order valence-corrected chi connectivity index (χ4v) is 3.92. The number of nitrogens with one attached hydrogen (secondary N) is 1. The molecule has 150 valence electrons. The second kappa shape index (κ2) is 8.64. The van der Waals surface area contributed by atoms with Crippen molar-refractivity contribution < 1.29 is 9.90 Å². The highest BCUT2D eigenvalue weighted by molar-refractivity contribution is 5.96. The predicted octanol–water partition coefficient (Wildman–Crippen LogP) is 1.44. The zero-order valence-electron chi connectivity index (χ0n) is 16.7. The Kier molecular flexibility index (Phi) is 5.79. The second-order valence-electron chi connectivity index (χ2n) is 7.52. The molecule has 0 saturated carbocycles. The smallest absolute Gasteiger partial charge is 0.241 e. The molecule has 2 aliphatic rings. The predicted molar refractivity (Wildman–Crippen MR) is 116 cm³/mol. The summed E-state index contributed by atoms with van der Waals surface area (Å²) in [7, 11) is 0. The van der Waals surface area contributed by atoms with Crippen LogP contribution in [0.3, 0.4) is 0 Å². The first kappa shape index (κ1) is 19.4. The highest BCUT2D eigenvalue weighted by Gasteiger charge is 2.29. The van der Waals surface area contributed by atoms with Crippen LogP contribution in [0.4, 0.5) is 5.69 Å². The summed E-state index contributed by atoms with van der Waals surface area (Å²) in [5.41, 5.74) is 3.06. The highest BCUT2D eigenvalue weighted by Crippen LogP contribution is 2.28. The third-order valence-electron chi connectivity index (χ3n) is 5.49. The van der Waals surface area contributed by atoms with Crippen molar-refractivity contribution in [2.24, 2.45) is 0 Å². The van der Waals surface area contributed by atoms with Gasteiger partial charge in [0.2, 0.25) is 5.91 Å². The van der Waals surface area contributed by atoms with Crippen molar-refractivity contribution in [3.05, 3.63) is 76.2 Å². The summed E-state index contributed by atoms with van der Waals surface area (Å²) >= 11 is 0.